The number of nitrogen functional groups attached to an aromatic ring is 1. The van der Waals surface area contributed by atoms with Gasteiger partial charge in [-0.2, -0.15) is 13.2 Å². The van der Waals surface area contributed by atoms with Crippen LogP contribution in [0.5, 0.6) is 0 Å². The van der Waals surface area contributed by atoms with Crippen molar-refractivity contribution in [3.63, 3.8) is 0 Å². The number of rotatable bonds is 6. The summed E-state index contributed by atoms with van der Waals surface area (Å²) in [7, 11) is 1.49. The minimum absolute atomic E-state index is 0.119. The Labute approximate surface area is 189 Å². The normalized spacial score (nSPS) is 15.3. The average Bonchev–Trinajstić information content (AvgIpc) is 2.77. The number of aliphatic imine (C=N–C) groups is 1. The summed E-state index contributed by atoms with van der Waals surface area (Å²) in [6.07, 6.45) is 2.71. The molecule has 0 radical (unpaired) electrons. The van der Waals surface area contributed by atoms with E-state index < -0.39 is 22.5 Å². The number of anilines is 3. The number of carbonyl (C=O) groups is 1. The molecule has 0 atom stereocenters. The van der Waals surface area contributed by atoms with E-state index in [0.717, 1.165) is 44.5 Å². The third-order valence-corrected chi connectivity index (χ3v) is 5.37. The van der Waals surface area contributed by atoms with E-state index in [1.165, 1.54) is 31.7 Å². The number of nitrogens with one attached hydrogen (secondary N) is 1. The summed E-state index contributed by atoms with van der Waals surface area (Å²) < 4.78 is 39.3. The molecule has 10 heteroatoms. The molecule has 0 bridgehead atoms. The second-order valence-electron chi connectivity index (χ2n) is 7.33. The van der Waals surface area contributed by atoms with Crippen LogP contribution in [-0.2, 0) is 6.18 Å². The fourth-order valence-electron chi connectivity index (χ4n) is 3.40. The van der Waals surface area contributed by atoms with E-state index in [0.29, 0.717) is 5.82 Å². The van der Waals surface area contributed by atoms with Crippen molar-refractivity contribution in [1.29, 1.82) is 0 Å². The lowest BCUT2D eigenvalue weighted by molar-refractivity contribution is -0.137. The number of halogens is 4. The zero-order valence-electron chi connectivity index (χ0n) is 17.4. The number of nitrogens with zero attached hydrogens (tertiary/aromatic N) is 3. The molecule has 1 aromatic heterocycles. The number of ketones is 1. The molecule has 0 saturated carbocycles. The van der Waals surface area contributed by atoms with Gasteiger partial charge in [0.2, 0.25) is 0 Å². The van der Waals surface area contributed by atoms with E-state index in [2.05, 4.69) is 20.2 Å². The first-order chi connectivity index (χ1) is 15.2. The molecular weight excluding hydrogens is 443 g/mol. The molecule has 0 aliphatic carbocycles. The molecule has 1 fully saturated rings. The Balaban J connectivity index is 1.89. The highest BCUT2D eigenvalue weighted by molar-refractivity contribution is 6.31. The number of alkyl halides is 3. The van der Waals surface area contributed by atoms with Gasteiger partial charge in [-0.1, -0.05) is 11.6 Å². The number of hydrogen-bond donors (Lipinski definition) is 2. The van der Waals surface area contributed by atoms with E-state index in [1.807, 2.05) is 0 Å². The Morgan fingerprint density at radius 3 is 2.62 bits per heavy atom. The Morgan fingerprint density at radius 1 is 1.25 bits per heavy atom. The largest absolute Gasteiger partial charge is 0.417 e. The predicted octanol–water partition coefficient (Wildman–Crippen LogP) is 5.21. The molecule has 1 saturated heterocycles. The molecule has 2 aromatic rings. The van der Waals surface area contributed by atoms with Gasteiger partial charge < -0.3 is 16.0 Å². The molecule has 1 aromatic carbocycles. The van der Waals surface area contributed by atoms with E-state index in [9.17, 15) is 18.0 Å². The highest BCUT2D eigenvalue weighted by Gasteiger charge is 2.33. The first-order valence-electron chi connectivity index (χ1n) is 10.0. The van der Waals surface area contributed by atoms with Crippen molar-refractivity contribution in [1.82, 2.24) is 4.98 Å². The SMILES string of the molecule is CN=C/C(=C\Nc1ccc(Cl)c(C(F)(F)F)c1)C(=O)c1cc(N2CCCCC2)ncc1N. The zero-order valence-corrected chi connectivity index (χ0v) is 18.2. The summed E-state index contributed by atoms with van der Waals surface area (Å²) in [6.45, 7) is 1.70. The average molecular weight is 466 g/mol. The van der Waals surface area contributed by atoms with Gasteiger partial charge in [-0.05, 0) is 43.5 Å². The van der Waals surface area contributed by atoms with Crippen LogP contribution in [0.1, 0.15) is 35.2 Å². The fraction of sp³-hybridized carbons (Fsp3) is 0.318. The smallest absolute Gasteiger partial charge is 0.397 e. The molecule has 6 nitrogen and oxygen atoms in total. The van der Waals surface area contributed by atoms with Crippen LogP contribution in [0.3, 0.4) is 0 Å². The van der Waals surface area contributed by atoms with Crippen LogP contribution in [0.15, 0.2) is 47.2 Å². The number of hydrogen-bond acceptors (Lipinski definition) is 6. The van der Waals surface area contributed by atoms with Gasteiger partial charge in [0.15, 0.2) is 5.78 Å². The second kappa shape index (κ2) is 10.0. The van der Waals surface area contributed by atoms with Gasteiger partial charge in [-0.25, -0.2) is 4.98 Å². The Bertz CT molecular complexity index is 1050. The van der Waals surface area contributed by atoms with Crippen molar-refractivity contribution in [3.8, 4) is 0 Å². The van der Waals surface area contributed by atoms with Gasteiger partial charge in [-0.15, -0.1) is 0 Å². The number of piperidine rings is 1. The topological polar surface area (TPSA) is 83.6 Å². The van der Waals surface area contributed by atoms with Gasteiger partial charge >= 0.3 is 6.18 Å². The summed E-state index contributed by atoms with van der Waals surface area (Å²) in [6, 6.07) is 5.04. The van der Waals surface area contributed by atoms with Gasteiger partial charge in [-0.3, -0.25) is 9.79 Å². The van der Waals surface area contributed by atoms with Crippen molar-refractivity contribution in [2.24, 2.45) is 4.99 Å². The summed E-state index contributed by atoms with van der Waals surface area (Å²) in [5.74, 6) is 0.238. The Kier molecular flexibility index (Phi) is 7.40. The standard InChI is InChI=1S/C22H23ClF3N5O/c1-28-11-14(12-29-15-5-6-18(23)17(9-15)22(24,25)26)21(32)16-10-20(30-13-19(16)27)31-7-3-2-4-8-31/h5-6,9-13,29H,2-4,7-8,27H2,1H3/b14-12+,28-11?. The van der Waals surface area contributed by atoms with Gasteiger partial charge in [0, 0.05) is 38.2 Å². The first kappa shape index (κ1) is 23.6. The maximum absolute atomic E-state index is 13.2. The highest BCUT2D eigenvalue weighted by Crippen LogP contribution is 2.36. The molecule has 3 rings (SSSR count). The third kappa shape index (κ3) is 5.59. The molecule has 0 spiro atoms. The van der Waals surface area contributed by atoms with Crippen LogP contribution in [-0.4, -0.2) is 37.1 Å². The minimum atomic E-state index is -4.60. The van der Waals surface area contributed by atoms with Crippen molar-refractivity contribution < 1.29 is 18.0 Å². The molecule has 0 amide bonds. The van der Waals surface area contributed by atoms with Crippen molar-refractivity contribution in [3.05, 3.63) is 58.4 Å². The second-order valence-corrected chi connectivity index (χ2v) is 7.74. The van der Waals surface area contributed by atoms with Gasteiger partial charge in [0.05, 0.1) is 33.6 Å². The van der Waals surface area contributed by atoms with E-state index >= 15 is 0 Å². The van der Waals surface area contributed by atoms with E-state index in [4.69, 9.17) is 17.3 Å². The monoisotopic (exact) mass is 465 g/mol. The molecule has 0 unspecified atom stereocenters. The van der Waals surface area contributed by atoms with Crippen LogP contribution < -0.4 is 16.0 Å². The number of benzene rings is 1. The third-order valence-electron chi connectivity index (χ3n) is 5.04. The Hall–Kier alpha value is -3.07. The first-order valence-corrected chi connectivity index (χ1v) is 10.4. The van der Waals surface area contributed by atoms with E-state index in [1.54, 1.807) is 6.07 Å². The number of pyridine rings is 1. The maximum Gasteiger partial charge on any atom is 0.417 e. The highest BCUT2D eigenvalue weighted by atomic mass is 35.5. The number of allylic oxidation sites excluding steroid dienone is 1. The van der Waals surface area contributed by atoms with Gasteiger partial charge in [0.25, 0.3) is 0 Å². The van der Waals surface area contributed by atoms with E-state index in [-0.39, 0.29) is 22.5 Å². The molecule has 2 heterocycles. The van der Waals surface area contributed by atoms with Crippen molar-refractivity contribution >= 4 is 40.8 Å². The number of nitrogens with two attached hydrogens (primary N) is 1. The predicted molar refractivity (Wildman–Crippen MR) is 122 cm³/mol. The number of carbonyl (C=O) groups excluding carboxylic acids is 1. The summed E-state index contributed by atoms with van der Waals surface area (Å²) >= 11 is 5.66. The molecule has 3 N–H and O–H groups in total. The lowest BCUT2D eigenvalue weighted by Crippen LogP contribution is -2.30. The molecular formula is C22H23ClF3N5O. The fourth-order valence-corrected chi connectivity index (χ4v) is 3.62. The van der Waals surface area contributed by atoms with Crippen molar-refractivity contribution in [2.75, 3.05) is 36.1 Å². The van der Waals surface area contributed by atoms with Crippen LogP contribution >= 0.6 is 11.6 Å². The van der Waals surface area contributed by atoms with Crippen LogP contribution in [0, 0.1) is 0 Å². The lowest BCUT2D eigenvalue weighted by Gasteiger charge is -2.28. The van der Waals surface area contributed by atoms with Gasteiger partial charge in [0.1, 0.15) is 5.82 Å². The molecule has 32 heavy (non-hydrogen) atoms. The zero-order chi connectivity index (χ0) is 23.3. The maximum atomic E-state index is 13.2. The molecule has 1 aliphatic heterocycles. The lowest BCUT2D eigenvalue weighted by atomic mass is 10.0. The quantitative estimate of drug-likeness (QED) is 0.348. The summed E-state index contributed by atoms with van der Waals surface area (Å²) in [4.78, 5) is 23.5. The molecule has 1 aliphatic rings. The molecule has 170 valence electrons. The summed E-state index contributed by atoms with van der Waals surface area (Å²) in [5, 5.41) is 2.31. The Morgan fingerprint density at radius 2 is 1.97 bits per heavy atom. The number of aromatic nitrogens is 1. The van der Waals surface area contributed by atoms with Crippen LogP contribution in [0.4, 0.5) is 30.4 Å². The minimum Gasteiger partial charge on any atom is -0.397 e. The summed E-state index contributed by atoms with van der Waals surface area (Å²) in [5.41, 5.74) is 5.74. The van der Waals surface area contributed by atoms with Crippen LogP contribution in [0.2, 0.25) is 5.02 Å². The van der Waals surface area contributed by atoms with Crippen molar-refractivity contribution in [2.45, 2.75) is 25.4 Å². The van der Waals surface area contributed by atoms with Crippen LogP contribution in [0.25, 0.3) is 0 Å². The number of Topliss-reactive ketones (excluding diaryl/α,β-unsaturated/α-hetero) is 1.